The molecule has 0 spiro atoms. The summed E-state index contributed by atoms with van der Waals surface area (Å²) in [5.74, 6) is 0. The summed E-state index contributed by atoms with van der Waals surface area (Å²) in [6, 6.07) is 76.9. The van der Waals surface area contributed by atoms with E-state index in [2.05, 4.69) is 205 Å². The van der Waals surface area contributed by atoms with Crippen molar-refractivity contribution in [2.24, 2.45) is 0 Å². The fourth-order valence-corrected chi connectivity index (χ4v) is 9.15. The lowest BCUT2D eigenvalue weighted by atomic mass is 9.67. The van der Waals surface area contributed by atoms with Gasteiger partial charge in [0, 0.05) is 22.1 Å². The Labute approximate surface area is 320 Å². The summed E-state index contributed by atoms with van der Waals surface area (Å²) in [5.41, 5.74) is 14.5. The first-order chi connectivity index (χ1) is 27.3. The van der Waals surface area contributed by atoms with E-state index in [1.54, 1.807) is 0 Å². The highest BCUT2D eigenvalue weighted by Gasteiger charge is 2.46. The van der Waals surface area contributed by atoms with Gasteiger partial charge in [-0.25, -0.2) is 0 Å². The van der Waals surface area contributed by atoms with Crippen molar-refractivity contribution in [3.05, 3.63) is 235 Å². The summed E-state index contributed by atoms with van der Waals surface area (Å²) in [6.07, 6.45) is 0. The van der Waals surface area contributed by atoms with Crippen molar-refractivity contribution < 1.29 is 4.42 Å². The van der Waals surface area contributed by atoms with E-state index in [1.165, 1.54) is 49.7 Å². The van der Waals surface area contributed by atoms with Crippen LogP contribution in [-0.2, 0) is 5.41 Å². The normalized spacial score (nSPS) is 12.9. The summed E-state index contributed by atoms with van der Waals surface area (Å²) in [7, 11) is 0. The Hall–Kier alpha value is -7.16. The third-order valence-corrected chi connectivity index (χ3v) is 11.5. The number of para-hydroxylation sites is 3. The minimum Gasteiger partial charge on any atom is -0.454 e. The molecule has 1 heterocycles. The Balaban J connectivity index is 1.09. The second kappa shape index (κ2) is 12.5. The zero-order valence-electron chi connectivity index (χ0n) is 30.1. The van der Waals surface area contributed by atoms with Crippen molar-refractivity contribution in [1.29, 1.82) is 0 Å². The molecule has 0 atom stereocenters. The largest absolute Gasteiger partial charge is 0.454 e. The summed E-state index contributed by atoms with van der Waals surface area (Å²) in [5, 5.41) is 4.77. The van der Waals surface area contributed by atoms with Crippen LogP contribution in [-0.4, -0.2) is 0 Å². The van der Waals surface area contributed by atoms with E-state index < -0.39 is 5.41 Å². The molecule has 10 aromatic rings. The van der Waals surface area contributed by atoms with Gasteiger partial charge in [-0.05, 0) is 97.7 Å². The lowest BCUT2D eigenvalue weighted by Gasteiger charge is -2.34. The van der Waals surface area contributed by atoms with Crippen molar-refractivity contribution in [1.82, 2.24) is 0 Å². The van der Waals surface area contributed by atoms with Crippen LogP contribution in [0.5, 0.6) is 0 Å². The molecule has 1 aliphatic carbocycles. The van der Waals surface area contributed by atoms with Gasteiger partial charge in [-0.2, -0.15) is 0 Å². The molecule has 0 radical (unpaired) electrons. The van der Waals surface area contributed by atoms with Gasteiger partial charge in [0.1, 0.15) is 5.58 Å². The van der Waals surface area contributed by atoms with Crippen LogP contribution in [0.2, 0.25) is 0 Å². The zero-order valence-corrected chi connectivity index (χ0v) is 30.1. The Bertz CT molecular complexity index is 2980. The lowest BCUT2D eigenvalue weighted by Crippen LogP contribution is -2.28. The van der Waals surface area contributed by atoms with Crippen LogP contribution in [0, 0.1) is 0 Å². The number of nitrogens with zero attached hydrogens (tertiary/aromatic N) is 1. The number of anilines is 3. The van der Waals surface area contributed by atoms with Crippen LogP contribution in [0.1, 0.15) is 22.3 Å². The van der Waals surface area contributed by atoms with Gasteiger partial charge in [0.15, 0.2) is 5.58 Å². The molecule has 0 amide bonds. The van der Waals surface area contributed by atoms with Crippen LogP contribution in [0.3, 0.4) is 0 Å². The summed E-state index contributed by atoms with van der Waals surface area (Å²) >= 11 is 0. The number of hydrogen-bond acceptors (Lipinski definition) is 2. The van der Waals surface area contributed by atoms with Crippen molar-refractivity contribution in [2.45, 2.75) is 5.41 Å². The van der Waals surface area contributed by atoms with E-state index in [0.717, 1.165) is 44.6 Å². The Morgan fingerprint density at radius 2 is 1.00 bits per heavy atom. The van der Waals surface area contributed by atoms with Gasteiger partial charge in [-0.3, -0.25) is 0 Å². The molecule has 0 fully saturated rings. The van der Waals surface area contributed by atoms with Gasteiger partial charge < -0.3 is 9.32 Å². The maximum absolute atomic E-state index is 6.55. The van der Waals surface area contributed by atoms with Gasteiger partial charge in [0.05, 0.1) is 11.1 Å². The van der Waals surface area contributed by atoms with Crippen LogP contribution in [0.15, 0.2) is 217 Å². The molecule has 1 aliphatic rings. The monoisotopic (exact) mass is 701 g/mol. The third kappa shape index (κ3) is 4.75. The van der Waals surface area contributed by atoms with E-state index in [4.69, 9.17) is 4.42 Å². The molecule has 0 N–H and O–H groups in total. The topological polar surface area (TPSA) is 16.4 Å². The highest BCUT2D eigenvalue weighted by molar-refractivity contribution is 6.10. The quantitative estimate of drug-likeness (QED) is 0.172. The summed E-state index contributed by atoms with van der Waals surface area (Å²) < 4.78 is 6.55. The van der Waals surface area contributed by atoms with Gasteiger partial charge in [-0.15, -0.1) is 0 Å². The minimum atomic E-state index is -0.484. The first-order valence-corrected chi connectivity index (χ1v) is 18.9. The zero-order chi connectivity index (χ0) is 36.3. The molecule has 0 aliphatic heterocycles. The fraction of sp³-hybridized carbons (Fsp3) is 0.0189. The predicted octanol–water partition coefficient (Wildman–Crippen LogP) is 14.2. The Kier molecular flexibility index (Phi) is 7.11. The van der Waals surface area contributed by atoms with Gasteiger partial charge >= 0.3 is 0 Å². The van der Waals surface area contributed by atoms with Gasteiger partial charge in [0.2, 0.25) is 0 Å². The maximum atomic E-state index is 6.55. The van der Waals surface area contributed by atoms with Crippen LogP contribution >= 0.6 is 0 Å². The highest BCUT2D eigenvalue weighted by atomic mass is 16.3. The molecule has 2 nitrogen and oxygen atoms in total. The molecule has 0 saturated heterocycles. The SMILES string of the molecule is c1ccc(N(c2ccc(-c3ccc4c(c3)C(c3ccccc3)(c3ccccc3)c3ccc5ccccc5c3-4)cc2)c2cccc3c2oc2ccccc23)cc1. The second-order valence-corrected chi connectivity index (χ2v) is 14.4. The van der Waals surface area contributed by atoms with Crippen molar-refractivity contribution >= 4 is 49.8 Å². The van der Waals surface area contributed by atoms with Crippen molar-refractivity contribution in [3.8, 4) is 22.3 Å². The summed E-state index contributed by atoms with van der Waals surface area (Å²) in [6.45, 7) is 0. The van der Waals surface area contributed by atoms with Crippen molar-refractivity contribution in [2.75, 3.05) is 4.90 Å². The van der Waals surface area contributed by atoms with Crippen molar-refractivity contribution in [3.63, 3.8) is 0 Å². The number of fused-ring (bicyclic) bond motifs is 8. The Morgan fingerprint density at radius 3 is 1.75 bits per heavy atom. The van der Waals surface area contributed by atoms with E-state index in [1.807, 2.05) is 12.1 Å². The number of rotatable bonds is 6. The second-order valence-electron chi connectivity index (χ2n) is 14.4. The molecule has 11 rings (SSSR count). The van der Waals surface area contributed by atoms with E-state index >= 15 is 0 Å². The smallest absolute Gasteiger partial charge is 0.159 e. The maximum Gasteiger partial charge on any atom is 0.159 e. The molecular weight excluding hydrogens is 667 g/mol. The summed E-state index contributed by atoms with van der Waals surface area (Å²) in [4.78, 5) is 2.30. The first-order valence-electron chi connectivity index (χ1n) is 18.9. The molecular formula is C53H35NO. The van der Waals surface area contributed by atoms with Crippen LogP contribution in [0.25, 0.3) is 55.0 Å². The van der Waals surface area contributed by atoms with Gasteiger partial charge in [-0.1, -0.05) is 170 Å². The lowest BCUT2D eigenvalue weighted by molar-refractivity contribution is 0.669. The highest BCUT2D eigenvalue weighted by Crippen LogP contribution is 2.58. The molecule has 0 bridgehead atoms. The van der Waals surface area contributed by atoms with Crippen LogP contribution < -0.4 is 4.90 Å². The molecule has 0 unspecified atom stereocenters. The minimum absolute atomic E-state index is 0.484. The van der Waals surface area contributed by atoms with E-state index in [9.17, 15) is 0 Å². The standard InChI is InChI=1S/C53H35NO/c1-4-16-39(17-5-1)53(40-18-6-2-7-19-40)47-34-30-37-15-10-11-22-43(37)51(47)46-33-29-38(35-48(46)53)36-27-31-42(32-28-36)54(41-20-8-3-9-21-41)49-25-14-24-45-44-23-12-13-26-50(44)55-52(45)49/h1-35H. The number of furan rings is 1. The predicted molar refractivity (Wildman–Crippen MR) is 229 cm³/mol. The van der Waals surface area contributed by atoms with E-state index in [-0.39, 0.29) is 0 Å². The average Bonchev–Trinajstić information content (AvgIpc) is 3.79. The first kappa shape index (κ1) is 31.4. The average molecular weight is 702 g/mol. The molecule has 258 valence electrons. The third-order valence-electron chi connectivity index (χ3n) is 11.5. The van der Waals surface area contributed by atoms with Gasteiger partial charge in [0.25, 0.3) is 0 Å². The molecule has 0 saturated carbocycles. The Morgan fingerprint density at radius 1 is 0.400 bits per heavy atom. The fourth-order valence-electron chi connectivity index (χ4n) is 9.15. The molecule has 2 heteroatoms. The molecule has 1 aromatic heterocycles. The molecule has 9 aromatic carbocycles. The number of hydrogen-bond donors (Lipinski definition) is 0. The van der Waals surface area contributed by atoms with E-state index in [0.29, 0.717) is 0 Å². The number of benzene rings is 9. The van der Waals surface area contributed by atoms with Crippen LogP contribution in [0.4, 0.5) is 17.1 Å². The molecule has 55 heavy (non-hydrogen) atoms.